The monoisotopic (exact) mass is 203 g/mol. The first-order chi connectivity index (χ1) is 6.09. The first kappa shape index (κ1) is 10.0. The smallest absolute Gasteiger partial charge is 0.203 e. The molecule has 2 N–H and O–H groups in total. The van der Waals surface area contributed by atoms with E-state index in [-0.39, 0.29) is 0 Å². The quantitative estimate of drug-likeness (QED) is 0.428. The second-order valence-corrected chi connectivity index (χ2v) is 3.12. The van der Waals surface area contributed by atoms with Gasteiger partial charge in [-0.05, 0) is 6.92 Å². The Hall–Kier alpha value is -1.05. The minimum Gasteiger partial charge on any atom is -0.373 e. The van der Waals surface area contributed by atoms with Gasteiger partial charge in [0.25, 0.3) is 0 Å². The van der Waals surface area contributed by atoms with Crippen LogP contribution in [0.2, 0.25) is 0 Å². The summed E-state index contributed by atoms with van der Waals surface area (Å²) in [5.74, 6) is 0.558. The maximum Gasteiger partial charge on any atom is 0.203 e. The minimum absolute atomic E-state index is 0.310. The summed E-state index contributed by atoms with van der Waals surface area (Å²) in [6, 6.07) is 0. The molecule has 1 rings (SSSR count). The number of aliphatic hydroxyl groups is 1. The second-order valence-electron chi connectivity index (χ2n) is 2.35. The van der Waals surface area contributed by atoms with Crippen LogP contribution in [0.3, 0.4) is 0 Å². The van der Waals surface area contributed by atoms with Gasteiger partial charge in [-0.25, -0.2) is 18.4 Å². The molecule has 1 heterocycles. The van der Waals surface area contributed by atoms with Gasteiger partial charge in [-0.15, -0.1) is 0 Å². The van der Waals surface area contributed by atoms with E-state index in [0.717, 1.165) is 0 Å². The van der Waals surface area contributed by atoms with Crippen molar-refractivity contribution in [1.82, 2.24) is 14.7 Å². The summed E-state index contributed by atoms with van der Waals surface area (Å²) in [6.45, 7) is 1.69. The summed E-state index contributed by atoms with van der Waals surface area (Å²) < 4.78 is 22.3. The molecule has 1 aromatic rings. The van der Waals surface area contributed by atoms with Crippen molar-refractivity contribution >= 4 is 10.9 Å². The molecule has 13 heavy (non-hydrogen) atoms. The van der Waals surface area contributed by atoms with E-state index in [1.807, 2.05) is 4.72 Å². The molecule has 7 heteroatoms. The van der Waals surface area contributed by atoms with Gasteiger partial charge in [-0.3, -0.25) is 0 Å². The van der Waals surface area contributed by atoms with E-state index in [9.17, 15) is 13.5 Å². The number of nitrogens with zero attached hydrogens (tertiary/aromatic N) is 2. The van der Waals surface area contributed by atoms with Gasteiger partial charge in [0.2, 0.25) is 10.9 Å². The molecule has 1 unspecified atom stereocenters. The van der Waals surface area contributed by atoms with Gasteiger partial charge in [0.05, 0.1) is 0 Å². The molecule has 0 saturated heterocycles. The van der Waals surface area contributed by atoms with E-state index in [1.165, 1.54) is 12.4 Å². The highest BCUT2D eigenvalue weighted by atomic mass is 32.2. The molecule has 0 fully saturated rings. The number of thiol groups is 1. The Morgan fingerprint density at radius 2 is 2.00 bits per heavy atom. The average molecular weight is 203 g/mol. The van der Waals surface area contributed by atoms with Gasteiger partial charge < -0.3 is 5.11 Å². The van der Waals surface area contributed by atoms with Gasteiger partial charge >= 0.3 is 0 Å². The fourth-order valence-corrected chi connectivity index (χ4v) is 1.07. The lowest BCUT2D eigenvalue weighted by Gasteiger charge is -2.06. The number of aryl methyl sites for hydroxylation is 1. The lowest BCUT2D eigenvalue weighted by Crippen LogP contribution is -2.19. The zero-order valence-electron chi connectivity index (χ0n) is 6.84. The molecule has 0 radical (unpaired) electrons. The normalized spacial score (nSPS) is 13.2. The second kappa shape index (κ2) is 4.26. The van der Waals surface area contributed by atoms with E-state index in [0.29, 0.717) is 11.4 Å². The van der Waals surface area contributed by atoms with Gasteiger partial charge in [-0.2, -0.15) is 4.72 Å². The zero-order chi connectivity index (χ0) is 9.84. The number of hydrogen-bond acceptors (Lipinski definition) is 5. The van der Waals surface area contributed by atoms with Crippen LogP contribution in [0.5, 0.6) is 0 Å². The van der Waals surface area contributed by atoms with Crippen molar-refractivity contribution in [2.45, 2.75) is 13.2 Å². The fourth-order valence-electron chi connectivity index (χ4n) is 0.718. The van der Waals surface area contributed by atoms with Crippen LogP contribution < -0.4 is 4.72 Å². The van der Waals surface area contributed by atoms with E-state index in [2.05, 4.69) is 9.97 Å². The van der Waals surface area contributed by atoms with Crippen LogP contribution >= 0.6 is 0 Å². The molecule has 1 atom stereocenters. The largest absolute Gasteiger partial charge is 0.373 e. The highest BCUT2D eigenvalue weighted by Crippen LogP contribution is 2.05. The SMILES string of the molecule is Cc1ncc(C(O)N[SH](=O)=O)cn1. The lowest BCUT2D eigenvalue weighted by molar-refractivity contribution is 0.167. The number of rotatable bonds is 3. The molecule has 0 saturated carbocycles. The van der Waals surface area contributed by atoms with Crippen molar-refractivity contribution in [3.05, 3.63) is 23.8 Å². The van der Waals surface area contributed by atoms with Crippen LogP contribution in [0.1, 0.15) is 17.6 Å². The summed E-state index contributed by atoms with van der Waals surface area (Å²) in [4.78, 5) is 7.60. The predicted octanol–water partition coefficient (Wildman–Crippen LogP) is -1.11. The van der Waals surface area contributed by atoms with Crippen molar-refractivity contribution in [3.63, 3.8) is 0 Å². The Morgan fingerprint density at radius 3 is 2.46 bits per heavy atom. The van der Waals surface area contributed by atoms with E-state index in [4.69, 9.17) is 0 Å². The van der Waals surface area contributed by atoms with Gasteiger partial charge in [0, 0.05) is 18.0 Å². The highest BCUT2D eigenvalue weighted by molar-refractivity contribution is 7.70. The molecular weight excluding hydrogens is 194 g/mol. The molecule has 0 aromatic carbocycles. The minimum atomic E-state index is -2.83. The lowest BCUT2D eigenvalue weighted by atomic mass is 10.3. The third-order valence-corrected chi connectivity index (χ3v) is 1.80. The van der Waals surface area contributed by atoms with Crippen molar-refractivity contribution in [2.75, 3.05) is 0 Å². The van der Waals surface area contributed by atoms with Crippen molar-refractivity contribution in [2.24, 2.45) is 0 Å². The Labute approximate surface area is 76.7 Å². The van der Waals surface area contributed by atoms with Crippen molar-refractivity contribution in [3.8, 4) is 0 Å². The maximum absolute atomic E-state index is 10.2. The van der Waals surface area contributed by atoms with E-state index < -0.39 is 17.1 Å². The molecule has 0 aliphatic rings. The Bertz CT molecular complexity index is 341. The van der Waals surface area contributed by atoms with Gasteiger partial charge in [0.1, 0.15) is 12.1 Å². The molecule has 0 aliphatic carbocycles. The van der Waals surface area contributed by atoms with Crippen LogP contribution in [-0.2, 0) is 10.9 Å². The molecule has 1 aromatic heterocycles. The highest BCUT2D eigenvalue weighted by Gasteiger charge is 2.07. The molecule has 0 spiro atoms. The van der Waals surface area contributed by atoms with Crippen LogP contribution in [-0.4, -0.2) is 23.5 Å². The molecular formula is C6H9N3O3S. The number of aliphatic hydroxyl groups excluding tert-OH is 1. The molecule has 0 aliphatic heterocycles. The van der Waals surface area contributed by atoms with Crippen LogP contribution in [0.4, 0.5) is 0 Å². The first-order valence-electron chi connectivity index (χ1n) is 3.47. The first-order valence-corrected chi connectivity index (χ1v) is 4.64. The summed E-state index contributed by atoms with van der Waals surface area (Å²) in [5.41, 5.74) is 0.310. The van der Waals surface area contributed by atoms with E-state index >= 15 is 0 Å². The van der Waals surface area contributed by atoms with Gasteiger partial charge in [0.15, 0.2) is 0 Å². The fraction of sp³-hybridized carbons (Fsp3) is 0.333. The maximum atomic E-state index is 10.2. The topological polar surface area (TPSA) is 92.2 Å². The Kier molecular flexibility index (Phi) is 3.29. The molecule has 6 nitrogen and oxygen atoms in total. The average Bonchev–Trinajstić information content (AvgIpc) is 2.04. The molecule has 0 amide bonds. The number of nitrogens with one attached hydrogen (secondary N) is 1. The number of aromatic nitrogens is 2. The summed E-state index contributed by atoms with van der Waals surface area (Å²) in [7, 11) is -2.83. The van der Waals surface area contributed by atoms with E-state index in [1.54, 1.807) is 6.92 Å². The molecule has 0 bridgehead atoms. The number of hydrogen-bond donors (Lipinski definition) is 3. The zero-order valence-corrected chi connectivity index (χ0v) is 7.73. The predicted molar refractivity (Wildman–Crippen MR) is 45.2 cm³/mol. The van der Waals surface area contributed by atoms with Crippen molar-refractivity contribution in [1.29, 1.82) is 0 Å². The summed E-state index contributed by atoms with van der Waals surface area (Å²) in [5, 5.41) is 9.21. The van der Waals surface area contributed by atoms with Crippen LogP contribution in [0.25, 0.3) is 0 Å². The van der Waals surface area contributed by atoms with Crippen LogP contribution in [0.15, 0.2) is 12.4 Å². The van der Waals surface area contributed by atoms with Crippen LogP contribution in [0, 0.1) is 6.92 Å². The summed E-state index contributed by atoms with van der Waals surface area (Å²) in [6.07, 6.45) is 1.44. The Morgan fingerprint density at radius 1 is 1.46 bits per heavy atom. The molecule has 72 valence electrons. The van der Waals surface area contributed by atoms with Crippen molar-refractivity contribution < 1.29 is 13.5 Å². The third-order valence-electron chi connectivity index (χ3n) is 1.34. The third kappa shape index (κ3) is 3.05. The summed E-state index contributed by atoms with van der Waals surface area (Å²) >= 11 is 0. The van der Waals surface area contributed by atoms with Gasteiger partial charge in [-0.1, -0.05) is 0 Å². The Balaban J connectivity index is 2.77. The standard InChI is InChI=1S/C6H9N3O3S/c1-4-7-2-5(3-8-4)6(10)9-13(11)12/h2-3,6,10,13H,1H3,(H,9,11,12).